The summed E-state index contributed by atoms with van der Waals surface area (Å²) in [6, 6.07) is 12.7. The molecule has 2 heterocycles. The Morgan fingerprint density at radius 1 is 0.906 bits per heavy atom. The maximum Gasteiger partial charge on any atom is 0.243 e. The van der Waals surface area contributed by atoms with Gasteiger partial charge in [-0.1, -0.05) is 0 Å². The van der Waals surface area contributed by atoms with Gasteiger partial charge in [-0.2, -0.15) is 8.99 Å². The van der Waals surface area contributed by atoms with Crippen LogP contribution in [0.2, 0.25) is 0 Å². The molecule has 1 aromatic heterocycles. The van der Waals surface area contributed by atoms with E-state index in [9.17, 15) is 16.8 Å². The van der Waals surface area contributed by atoms with Gasteiger partial charge in [-0.25, -0.2) is 16.8 Å². The molecule has 0 amide bonds. The summed E-state index contributed by atoms with van der Waals surface area (Å²) in [4.78, 5) is 0.159. The zero-order valence-corrected chi connectivity index (χ0v) is 19.3. The molecule has 10 nitrogen and oxygen atoms in total. The molecule has 0 bridgehead atoms. The van der Waals surface area contributed by atoms with Crippen molar-refractivity contribution in [2.75, 3.05) is 26.5 Å². The molecule has 1 aliphatic rings. The molecule has 2 aromatic carbocycles. The van der Waals surface area contributed by atoms with Crippen LogP contribution >= 0.6 is 0 Å². The third kappa shape index (κ3) is 4.38. The van der Waals surface area contributed by atoms with E-state index in [1.807, 2.05) is 24.3 Å². The molecule has 12 heteroatoms. The van der Waals surface area contributed by atoms with Crippen LogP contribution in [0.15, 0.2) is 58.3 Å². The maximum atomic E-state index is 13.0. The van der Waals surface area contributed by atoms with Gasteiger partial charge in [0, 0.05) is 25.3 Å². The molecular weight excluding hydrogens is 454 g/mol. The number of methoxy groups -OCH3 is 1. The van der Waals surface area contributed by atoms with Crippen molar-refractivity contribution in [3.8, 4) is 11.4 Å². The van der Waals surface area contributed by atoms with Crippen LogP contribution in [0.1, 0.15) is 24.6 Å². The van der Waals surface area contributed by atoms with Gasteiger partial charge in [0.1, 0.15) is 5.75 Å². The number of rotatable bonds is 6. The highest BCUT2D eigenvalue weighted by atomic mass is 32.2. The highest BCUT2D eigenvalue weighted by molar-refractivity contribution is 7.90. The van der Waals surface area contributed by atoms with Gasteiger partial charge in [-0.05, 0) is 71.8 Å². The van der Waals surface area contributed by atoms with E-state index in [2.05, 4.69) is 15.5 Å². The van der Waals surface area contributed by atoms with E-state index in [1.54, 1.807) is 11.8 Å². The predicted octanol–water partition coefficient (Wildman–Crippen LogP) is 1.64. The molecule has 0 radical (unpaired) electrons. The molecule has 0 aliphatic carbocycles. The number of sulfone groups is 1. The van der Waals surface area contributed by atoms with Crippen molar-refractivity contribution in [1.29, 1.82) is 0 Å². The summed E-state index contributed by atoms with van der Waals surface area (Å²) in [5, 5.41) is 12.1. The first-order chi connectivity index (χ1) is 15.2. The number of sulfonamides is 1. The normalized spacial score (nSPS) is 16.2. The molecule has 0 saturated carbocycles. The molecule has 0 N–H and O–H groups in total. The van der Waals surface area contributed by atoms with Crippen molar-refractivity contribution < 1.29 is 21.6 Å². The molecule has 0 unspecified atom stereocenters. The summed E-state index contributed by atoms with van der Waals surface area (Å²) >= 11 is 0. The Bertz CT molecular complexity index is 1300. The SMILES string of the molecule is COc1ccc(-n2nnnc2C2CCN(S(=O)(=O)c3ccc(S(C)(=O)=O)cc3)CC2)cc1. The third-order valence-corrected chi connectivity index (χ3v) is 8.56. The monoisotopic (exact) mass is 477 g/mol. The van der Waals surface area contributed by atoms with E-state index < -0.39 is 19.9 Å². The van der Waals surface area contributed by atoms with Crippen LogP contribution in [-0.2, 0) is 19.9 Å². The number of benzene rings is 2. The second kappa shape index (κ2) is 8.60. The maximum absolute atomic E-state index is 13.0. The van der Waals surface area contributed by atoms with Gasteiger partial charge in [0.15, 0.2) is 15.7 Å². The number of hydrogen-bond donors (Lipinski definition) is 0. The largest absolute Gasteiger partial charge is 0.497 e. The number of piperidine rings is 1. The zero-order valence-electron chi connectivity index (χ0n) is 17.6. The summed E-state index contributed by atoms with van der Waals surface area (Å²) in [7, 11) is -5.51. The average Bonchev–Trinajstić information content (AvgIpc) is 3.29. The summed E-state index contributed by atoms with van der Waals surface area (Å²) in [6.45, 7) is 0.632. The number of tetrazole rings is 1. The fourth-order valence-electron chi connectivity index (χ4n) is 3.72. The first-order valence-electron chi connectivity index (χ1n) is 9.93. The first-order valence-corrected chi connectivity index (χ1v) is 13.3. The quantitative estimate of drug-likeness (QED) is 0.525. The van der Waals surface area contributed by atoms with Crippen LogP contribution in [0.4, 0.5) is 0 Å². The van der Waals surface area contributed by atoms with Crippen molar-refractivity contribution in [3.63, 3.8) is 0 Å². The first kappa shape index (κ1) is 22.4. The average molecular weight is 478 g/mol. The van der Waals surface area contributed by atoms with Crippen molar-refractivity contribution in [2.45, 2.75) is 28.6 Å². The lowest BCUT2D eigenvalue weighted by Crippen LogP contribution is -2.38. The van der Waals surface area contributed by atoms with Gasteiger partial charge in [-0.3, -0.25) is 0 Å². The number of nitrogens with zero attached hydrogens (tertiary/aromatic N) is 5. The zero-order chi connectivity index (χ0) is 22.9. The van der Waals surface area contributed by atoms with Crippen LogP contribution in [0.25, 0.3) is 5.69 Å². The van der Waals surface area contributed by atoms with Crippen LogP contribution in [0, 0.1) is 0 Å². The Balaban J connectivity index is 1.48. The Morgan fingerprint density at radius 3 is 2.06 bits per heavy atom. The fourth-order valence-corrected chi connectivity index (χ4v) is 5.82. The lowest BCUT2D eigenvalue weighted by molar-refractivity contribution is 0.311. The van der Waals surface area contributed by atoms with E-state index >= 15 is 0 Å². The van der Waals surface area contributed by atoms with E-state index in [4.69, 9.17) is 4.74 Å². The van der Waals surface area contributed by atoms with Crippen LogP contribution < -0.4 is 4.74 Å². The number of aromatic nitrogens is 4. The van der Waals surface area contributed by atoms with Gasteiger partial charge < -0.3 is 4.74 Å². The Morgan fingerprint density at radius 2 is 1.50 bits per heavy atom. The van der Waals surface area contributed by atoms with Crippen molar-refractivity contribution in [2.24, 2.45) is 0 Å². The molecule has 1 saturated heterocycles. The lowest BCUT2D eigenvalue weighted by atomic mass is 9.97. The van der Waals surface area contributed by atoms with Gasteiger partial charge in [0.2, 0.25) is 10.0 Å². The van der Waals surface area contributed by atoms with Gasteiger partial charge in [0.25, 0.3) is 0 Å². The molecule has 1 aliphatic heterocycles. The molecule has 4 rings (SSSR count). The molecule has 1 fully saturated rings. The molecule has 32 heavy (non-hydrogen) atoms. The van der Waals surface area contributed by atoms with E-state index in [0.29, 0.717) is 31.8 Å². The lowest BCUT2D eigenvalue weighted by Gasteiger charge is -2.30. The molecule has 0 spiro atoms. The van der Waals surface area contributed by atoms with Crippen LogP contribution in [-0.4, -0.2) is 67.8 Å². The summed E-state index contributed by atoms with van der Waals surface area (Å²) in [6.07, 6.45) is 2.22. The Labute approximate surface area is 186 Å². The molecule has 170 valence electrons. The fraction of sp³-hybridized carbons (Fsp3) is 0.350. The summed E-state index contributed by atoms with van der Waals surface area (Å²) < 4.78 is 57.5. The van der Waals surface area contributed by atoms with Crippen LogP contribution in [0.3, 0.4) is 0 Å². The topological polar surface area (TPSA) is 124 Å². The minimum atomic E-state index is -3.72. The third-order valence-electron chi connectivity index (χ3n) is 5.52. The predicted molar refractivity (Wildman–Crippen MR) is 116 cm³/mol. The molecule has 3 aromatic rings. The molecular formula is C20H23N5O5S2. The highest BCUT2D eigenvalue weighted by Crippen LogP contribution is 2.31. The number of hydrogen-bond acceptors (Lipinski definition) is 8. The second-order valence-electron chi connectivity index (χ2n) is 7.57. The van der Waals surface area contributed by atoms with Crippen LogP contribution in [0.5, 0.6) is 5.75 Å². The van der Waals surface area contributed by atoms with E-state index in [1.165, 1.54) is 28.6 Å². The smallest absolute Gasteiger partial charge is 0.243 e. The summed E-state index contributed by atoms with van der Waals surface area (Å²) in [5.74, 6) is 1.42. The van der Waals surface area contributed by atoms with E-state index in [0.717, 1.165) is 17.7 Å². The van der Waals surface area contributed by atoms with Crippen molar-refractivity contribution in [3.05, 3.63) is 54.4 Å². The Kier molecular flexibility index (Phi) is 6.01. The minimum Gasteiger partial charge on any atom is -0.497 e. The number of ether oxygens (including phenoxy) is 1. The minimum absolute atomic E-state index is 0.00571. The van der Waals surface area contributed by atoms with Gasteiger partial charge in [0.05, 0.1) is 22.6 Å². The van der Waals surface area contributed by atoms with Crippen molar-refractivity contribution in [1.82, 2.24) is 24.5 Å². The van der Waals surface area contributed by atoms with Gasteiger partial charge in [-0.15, -0.1) is 5.10 Å². The second-order valence-corrected chi connectivity index (χ2v) is 11.5. The standard InChI is InChI=1S/C20H23N5O5S2/c1-30-17-5-3-16(4-6-17)25-20(21-22-23-25)15-11-13-24(14-12-15)32(28,29)19-9-7-18(8-10-19)31(2,26)27/h3-10,15H,11-14H2,1-2H3. The molecule has 0 atom stereocenters. The van der Waals surface area contributed by atoms with Crippen molar-refractivity contribution >= 4 is 19.9 Å². The highest BCUT2D eigenvalue weighted by Gasteiger charge is 2.32. The summed E-state index contributed by atoms with van der Waals surface area (Å²) in [5.41, 5.74) is 0.798. The van der Waals surface area contributed by atoms with E-state index in [-0.39, 0.29) is 15.7 Å². The van der Waals surface area contributed by atoms with Gasteiger partial charge >= 0.3 is 0 Å². The Hall–Kier alpha value is -2.83.